The Morgan fingerprint density at radius 2 is 2.36 bits per heavy atom. The molecular weight excluding hydrogens is 351 g/mol. The van der Waals surface area contributed by atoms with Crippen LogP contribution < -0.4 is 0 Å². The molecule has 60 valence electrons. The van der Waals surface area contributed by atoms with Gasteiger partial charge in [-0.25, -0.2) is 0 Å². The van der Waals surface area contributed by atoms with Gasteiger partial charge in [0.2, 0.25) is 0 Å². The van der Waals surface area contributed by atoms with Crippen molar-refractivity contribution >= 4 is 0 Å². The van der Waals surface area contributed by atoms with Crippen LogP contribution in [-0.4, -0.2) is 23.4 Å². The van der Waals surface area contributed by atoms with E-state index < -0.39 is 0 Å². The zero-order chi connectivity index (χ0) is 8.27. The van der Waals surface area contributed by atoms with Crippen molar-refractivity contribution in [2.75, 3.05) is 0 Å². The molecule has 0 spiro atoms. The van der Waals surface area contributed by atoms with Crippen molar-refractivity contribution in [2.45, 2.75) is 45.2 Å². The van der Waals surface area contributed by atoms with Crippen LogP contribution in [0.5, 0.6) is 0 Å². The van der Waals surface area contributed by atoms with Gasteiger partial charge in [0, 0.05) is 0 Å². The van der Waals surface area contributed by atoms with Crippen molar-refractivity contribution < 1.29 is 57.3 Å². The maximum absolute atomic E-state index is 9.48. The molecule has 2 nitrogen and oxygen atoms in total. The molecule has 0 amide bonds. The molecule has 0 saturated carbocycles. The summed E-state index contributed by atoms with van der Waals surface area (Å²) < 4.78 is 7.03. The minimum atomic E-state index is -0.186. The van der Waals surface area contributed by atoms with E-state index in [1.54, 1.807) is 0 Å². The average Bonchev–Trinajstić information content (AvgIpc) is 2.32. The molecular formula is C8H15FrO2. The first-order valence-corrected chi connectivity index (χ1v) is 10.4. The summed E-state index contributed by atoms with van der Waals surface area (Å²) in [5.41, 5.74) is 0. The monoisotopic (exact) mass is 366 g/mol. The first-order chi connectivity index (χ1) is 5.27. The van der Waals surface area contributed by atoms with Gasteiger partial charge in [-0.05, 0) is 0 Å². The number of aliphatic hydroxyl groups excluding tert-OH is 1. The zero-order valence-corrected chi connectivity index (χ0v) is 15.6. The summed E-state index contributed by atoms with van der Waals surface area (Å²) in [6.45, 7) is 2.07. The summed E-state index contributed by atoms with van der Waals surface area (Å²) in [6.07, 6.45) is 3.34. The number of ether oxygens (including phenoxy) is 1. The Morgan fingerprint density at radius 1 is 1.64 bits per heavy atom. The molecule has 3 atom stereocenters. The van der Waals surface area contributed by atoms with E-state index in [1.807, 2.05) is 0 Å². The second-order valence-electron chi connectivity index (χ2n) is 3.30. The number of aliphatic hydroxyl groups is 1. The predicted molar refractivity (Wildman–Crippen MR) is 39.0 cm³/mol. The molecule has 1 unspecified atom stereocenters. The van der Waals surface area contributed by atoms with Crippen LogP contribution in [0, 0.1) is 47.5 Å². The standard InChI is InChI=1S/C8H15O2.Fr/c1-3-6-5-7(9)8(4-2)10-6;/h6-9H,1,3-5H2,2H3;/t6-,7?,8+;/m0./s1. The van der Waals surface area contributed by atoms with E-state index in [1.165, 1.54) is 7.16 Å². The van der Waals surface area contributed by atoms with Crippen molar-refractivity contribution in [3.63, 3.8) is 0 Å². The fraction of sp³-hybridized carbons (Fsp3) is 1.00. The maximum atomic E-state index is 9.48. The summed E-state index contributed by atoms with van der Waals surface area (Å²) in [7, 11) is 0. The number of hydrogen-bond acceptors (Lipinski definition) is 2. The van der Waals surface area contributed by atoms with Gasteiger partial charge in [-0.15, -0.1) is 0 Å². The zero-order valence-electron chi connectivity index (χ0n) is 7.42. The number of hydrogen-bond donors (Lipinski definition) is 1. The second kappa shape index (κ2) is 5.29. The molecule has 11 heavy (non-hydrogen) atoms. The van der Waals surface area contributed by atoms with Crippen LogP contribution in [0.2, 0.25) is 0.741 Å². The van der Waals surface area contributed by atoms with Crippen molar-refractivity contribution in [3.05, 3.63) is 0 Å². The van der Waals surface area contributed by atoms with Gasteiger partial charge in [0.1, 0.15) is 0 Å². The Morgan fingerprint density at radius 3 is 2.82 bits per heavy atom. The van der Waals surface area contributed by atoms with Gasteiger partial charge < -0.3 is 0 Å². The molecule has 1 heterocycles. The summed E-state index contributed by atoms with van der Waals surface area (Å²) >= 11 is 0.664. The van der Waals surface area contributed by atoms with Gasteiger partial charge in [-0.3, -0.25) is 0 Å². The molecule has 0 aromatic heterocycles. The fourth-order valence-corrected chi connectivity index (χ4v) is 4.34. The van der Waals surface area contributed by atoms with Gasteiger partial charge in [0.25, 0.3) is 0 Å². The number of rotatable bonds is 3. The Balaban J connectivity index is 2.30. The first-order valence-electron chi connectivity index (χ1n) is 4.61. The van der Waals surface area contributed by atoms with E-state index in [2.05, 4.69) is 6.92 Å². The Hall–Kier alpha value is 1.52. The third-order valence-corrected chi connectivity index (χ3v) is 4.69. The normalized spacial score (nSPS) is 38.0. The molecule has 1 N–H and O–H groups in total. The van der Waals surface area contributed by atoms with Gasteiger partial charge in [-0.1, -0.05) is 0 Å². The molecule has 0 radical (unpaired) electrons. The molecule has 0 aromatic rings. The average molecular weight is 366 g/mol. The van der Waals surface area contributed by atoms with Crippen LogP contribution in [0.25, 0.3) is 0 Å². The fourth-order valence-electron chi connectivity index (χ4n) is 1.69. The van der Waals surface area contributed by atoms with E-state index in [4.69, 9.17) is 4.74 Å². The topological polar surface area (TPSA) is 29.5 Å². The molecule has 0 aromatic carbocycles. The summed E-state index contributed by atoms with van der Waals surface area (Å²) in [5, 5.41) is 9.48. The van der Waals surface area contributed by atoms with Crippen LogP contribution in [-0.2, 0) is 4.74 Å². The van der Waals surface area contributed by atoms with E-state index in [-0.39, 0.29) is 12.2 Å². The third-order valence-electron chi connectivity index (χ3n) is 2.31. The molecule has 1 aliphatic rings. The molecule has 3 heteroatoms. The third kappa shape index (κ3) is 3.04. The van der Waals surface area contributed by atoms with E-state index in [0.717, 1.165) is 12.8 Å². The summed E-state index contributed by atoms with van der Waals surface area (Å²) in [6, 6.07) is 0. The van der Waals surface area contributed by atoms with Gasteiger partial charge >= 0.3 is 103 Å². The van der Waals surface area contributed by atoms with Crippen LogP contribution in [0.15, 0.2) is 0 Å². The van der Waals surface area contributed by atoms with E-state index >= 15 is 0 Å². The van der Waals surface area contributed by atoms with Gasteiger partial charge in [-0.2, -0.15) is 0 Å². The van der Waals surface area contributed by atoms with Crippen molar-refractivity contribution in [2.24, 2.45) is 0 Å². The predicted octanol–water partition coefficient (Wildman–Crippen LogP) is 1.27. The Bertz CT molecular complexity index is 119. The Labute approximate surface area is 101 Å². The van der Waals surface area contributed by atoms with Gasteiger partial charge in [0.15, 0.2) is 0 Å². The summed E-state index contributed by atoms with van der Waals surface area (Å²) in [4.78, 5) is 0. The van der Waals surface area contributed by atoms with Crippen LogP contribution in [0.3, 0.4) is 0 Å². The summed E-state index contributed by atoms with van der Waals surface area (Å²) in [5.74, 6) is 0. The van der Waals surface area contributed by atoms with Crippen molar-refractivity contribution in [1.29, 1.82) is 0 Å². The molecule has 1 aliphatic heterocycles. The molecule has 1 fully saturated rings. The molecule has 1 rings (SSSR count). The second-order valence-corrected chi connectivity index (χ2v) is 7.41. The van der Waals surface area contributed by atoms with Crippen LogP contribution in [0.4, 0.5) is 0 Å². The molecule has 0 bridgehead atoms. The Kier molecular flexibility index (Phi) is 5.10. The molecule has 0 aliphatic carbocycles. The van der Waals surface area contributed by atoms with Crippen LogP contribution in [0.1, 0.15) is 26.2 Å². The quantitative estimate of drug-likeness (QED) is 0.816. The van der Waals surface area contributed by atoms with E-state index in [0.29, 0.717) is 53.6 Å². The first kappa shape index (κ1) is 10.6. The van der Waals surface area contributed by atoms with E-state index in [9.17, 15) is 5.11 Å². The van der Waals surface area contributed by atoms with Crippen molar-refractivity contribution in [3.8, 4) is 0 Å². The van der Waals surface area contributed by atoms with Gasteiger partial charge in [0.05, 0.1) is 0 Å². The molecule has 1 saturated heterocycles. The van der Waals surface area contributed by atoms with Crippen molar-refractivity contribution in [1.82, 2.24) is 0 Å². The van der Waals surface area contributed by atoms with Crippen LogP contribution >= 0.6 is 0 Å². The minimum absolute atomic E-state index is 0.129. The SMILES string of the molecule is CC[C@H]1O[C@@H](C[CH2][Fr])CC1O.